The van der Waals surface area contributed by atoms with Gasteiger partial charge < -0.3 is 9.73 Å². The first-order valence-corrected chi connectivity index (χ1v) is 7.68. The van der Waals surface area contributed by atoms with Crippen molar-refractivity contribution in [3.63, 3.8) is 0 Å². The number of hydrogen-bond donors (Lipinski definition) is 1. The summed E-state index contributed by atoms with van der Waals surface area (Å²) in [6, 6.07) is 17.5. The monoisotopic (exact) mass is 323 g/mol. The first-order valence-electron chi connectivity index (χ1n) is 7.30. The summed E-state index contributed by atoms with van der Waals surface area (Å²) in [6.45, 7) is 0.650. The third kappa shape index (κ3) is 2.69. The van der Waals surface area contributed by atoms with E-state index in [0.717, 1.165) is 33.5 Å². The lowest BCUT2D eigenvalue weighted by Crippen LogP contribution is -2.03. The number of hydrogen-bond acceptors (Lipinski definition) is 3. The van der Waals surface area contributed by atoms with Crippen LogP contribution in [0.4, 0.5) is 5.82 Å². The number of nitrogens with one attached hydrogen (secondary N) is 1. The van der Waals surface area contributed by atoms with Crippen molar-refractivity contribution in [3.8, 4) is 11.5 Å². The lowest BCUT2D eigenvalue weighted by atomic mass is 10.2. The summed E-state index contributed by atoms with van der Waals surface area (Å²) in [5.74, 6) is 1.64. The average molecular weight is 324 g/mol. The van der Waals surface area contributed by atoms with Gasteiger partial charge in [0.25, 0.3) is 0 Å². The summed E-state index contributed by atoms with van der Waals surface area (Å²) in [5, 5.41) is 4.18. The molecule has 1 N–H and O–H groups in total. The van der Waals surface area contributed by atoms with E-state index in [-0.39, 0.29) is 0 Å². The Kier molecular flexibility index (Phi) is 3.52. The molecule has 0 unspecified atom stereocenters. The topological polar surface area (TPSA) is 42.5 Å². The minimum absolute atomic E-state index is 0.650. The summed E-state index contributed by atoms with van der Waals surface area (Å²) >= 11 is 6.05. The van der Waals surface area contributed by atoms with Crippen molar-refractivity contribution in [1.29, 1.82) is 0 Å². The summed E-state index contributed by atoms with van der Waals surface area (Å²) in [6.07, 6.45) is 3.63. The molecule has 0 saturated heterocycles. The summed E-state index contributed by atoms with van der Waals surface area (Å²) in [7, 11) is 0. The second kappa shape index (κ2) is 5.82. The molecule has 3 aromatic heterocycles. The molecule has 114 valence electrons. The van der Waals surface area contributed by atoms with Gasteiger partial charge in [-0.25, -0.2) is 4.98 Å². The van der Waals surface area contributed by atoms with E-state index >= 15 is 0 Å². The van der Waals surface area contributed by atoms with E-state index in [9.17, 15) is 0 Å². The first-order chi connectivity index (χ1) is 11.3. The van der Waals surface area contributed by atoms with Gasteiger partial charge in [-0.3, -0.25) is 4.40 Å². The van der Waals surface area contributed by atoms with Crippen LogP contribution in [-0.4, -0.2) is 9.38 Å². The largest absolute Gasteiger partial charge is 0.463 e. The zero-order valence-corrected chi connectivity index (χ0v) is 13.0. The van der Waals surface area contributed by atoms with Gasteiger partial charge in [-0.1, -0.05) is 29.8 Å². The van der Waals surface area contributed by atoms with E-state index in [2.05, 4.69) is 10.3 Å². The normalized spacial score (nSPS) is 11.0. The van der Waals surface area contributed by atoms with Gasteiger partial charge in [0.2, 0.25) is 0 Å². The molecule has 0 aliphatic rings. The molecule has 0 bridgehead atoms. The highest BCUT2D eigenvalue weighted by Crippen LogP contribution is 2.29. The fourth-order valence-electron chi connectivity index (χ4n) is 2.58. The van der Waals surface area contributed by atoms with Gasteiger partial charge in [0.15, 0.2) is 5.76 Å². The molecule has 4 aromatic rings. The fraction of sp³-hybridized carbons (Fsp3) is 0.0556. The van der Waals surface area contributed by atoms with Crippen LogP contribution in [0, 0.1) is 0 Å². The highest BCUT2D eigenvalue weighted by molar-refractivity contribution is 6.30. The van der Waals surface area contributed by atoms with Crippen molar-refractivity contribution >= 4 is 23.1 Å². The Morgan fingerprint density at radius 1 is 1.09 bits per heavy atom. The predicted molar refractivity (Wildman–Crippen MR) is 91.7 cm³/mol. The molecule has 4 rings (SSSR count). The second-order valence-corrected chi connectivity index (χ2v) is 5.64. The first kappa shape index (κ1) is 13.9. The number of benzene rings is 1. The predicted octanol–water partition coefficient (Wildman–Crippen LogP) is 4.86. The van der Waals surface area contributed by atoms with Crippen LogP contribution in [0.5, 0.6) is 0 Å². The number of anilines is 1. The maximum absolute atomic E-state index is 6.05. The minimum atomic E-state index is 0.650. The fourth-order valence-corrected chi connectivity index (χ4v) is 2.80. The van der Waals surface area contributed by atoms with Crippen molar-refractivity contribution in [2.24, 2.45) is 0 Å². The average Bonchev–Trinajstić information content (AvgIpc) is 3.20. The van der Waals surface area contributed by atoms with Gasteiger partial charge in [0, 0.05) is 17.8 Å². The van der Waals surface area contributed by atoms with Gasteiger partial charge in [-0.15, -0.1) is 0 Å². The Morgan fingerprint density at radius 3 is 2.87 bits per heavy atom. The van der Waals surface area contributed by atoms with Crippen LogP contribution < -0.4 is 5.32 Å². The summed E-state index contributed by atoms with van der Waals surface area (Å²) < 4.78 is 7.54. The maximum Gasteiger partial charge on any atom is 0.156 e. The van der Waals surface area contributed by atoms with Crippen LogP contribution in [0.25, 0.3) is 17.1 Å². The number of rotatable bonds is 4. The van der Waals surface area contributed by atoms with E-state index in [0.29, 0.717) is 6.54 Å². The van der Waals surface area contributed by atoms with Crippen molar-refractivity contribution in [3.05, 3.63) is 77.6 Å². The van der Waals surface area contributed by atoms with E-state index in [1.54, 1.807) is 6.26 Å². The number of furan rings is 1. The number of fused-ring (bicyclic) bond motifs is 1. The van der Waals surface area contributed by atoms with E-state index < -0.39 is 0 Å². The maximum atomic E-state index is 6.05. The molecule has 23 heavy (non-hydrogen) atoms. The van der Waals surface area contributed by atoms with E-state index in [4.69, 9.17) is 16.0 Å². The zero-order chi connectivity index (χ0) is 15.6. The van der Waals surface area contributed by atoms with Crippen molar-refractivity contribution < 1.29 is 4.42 Å². The number of imidazole rings is 1. The number of aromatic nitrogens is 2. The van der Waals surface area contributed by atoms with Crippen LogP contribution in [-0.2, 0) is 6.54 Å². The Labute approximate surface area is 138 Å². The van der Waals surface area contributed by atoms with Crippen LogP contribution in [0.3, 0.4) is 0 Å². The molecular weight excluding hydrogens is 310 g/mol. The summed E-state index contributed by atoms with van der Waals surface area (Å²) in [4.78, 5) is 4.67. The van der Waals surface area contributed by atoms with Crippen molar-refractivity contribution in [2.45, 2.75) is 6.54 Å². The third-order valence-corrected chi connectivity index (χ3v) is 3.87. The number of halogens is 1. The third-order valence-electron chi connectivity index (χ3n) is 3.63. The van der Waals surface area contributed by atoms with Crippen LogP contribution in [0.15, 0.2) is 71.5 Å². The lowest BCUT2D eigenvalue weighted by molar-refractivity contribution is 0.580. The quantitative estimate of drug-likeness (QED) is 0.583. The van der Waals surface area contributed by atoms with Gasteiger partial charge in [0.1, 0.15) is 17.2 Å². The Balaban J connectivity index is 1.74. The SMILES string of the molecule is Clc1cccc(CNc2c(-c3ccco3)nc3ccccn23)c1. The molecule has 1 aromatic carbocycles. The van der Waals surface area contributed by atoms with E-state index in [1.165, 1.54) is 0 Å². The number of nitrogens with zero attached hydrogens (tertiary/aromatic N) is 2. The van der Waals surface area contributed by atoms with Gasteiger partial charge in [-0.05, 0) is 42.0 Å². The van der Waals surface area contributed by atoms with Crippen molar-refractivity contribution in [1.82, 2.24) is 9.38 Å². The summed E-state index contributed by atoms with van der Waals surface area (Å²) in [5.41, 5.74) is 2.77. The van der Waals surface area contributed by atoms with Crippen molar-refractivity contribution in [2.75, 3.05) is 5.32 Å². The van der Waals surface area contributed by atoms with E-state index in [1.807, 2.05) is 65.2 Å². The smallest absolute Gasteiger partial charge is 0.156 e. The zero-order valence-electron chi connectivity index (χ0n) is 12.2. The molecule has 0 fully saturated rings. The molecule has 5 heteroatoms. The molecule has 0 spiro atoms. The molecule has 3 heterocycles. The molecule has 0 aliphatic carbocycles. The van der Waals surface area contributed by atoms with Crippen LogP contribution in [0.2, 0.25) is 5.02 Å². The molecule has 0 saturated carbocycles. The van der Waals surface area contributed by atoms with Gasteiger partial charge in [-0.2, -0.15) is 0 Å². The highest BCUT2D eigenvalue weighted by atomic mass is 35.5. The van der Waals surface area contributed by atoms with Gasteiger partial charge in [0.05, 0.1) is 6.26 Å². The van der Waals surface area contributed by atoms with Crippen LogP contribution >= 0.6 is 11.6 Å². The molecule has 0 amide bonds. The lowest BCUT2D eigenvalue weighted by Gasteiger charge is -2.08. The molecular formula is C18H14ClN3O. The molecule has 0 radical (unpaired) electrons. The molecule has 0 aliphatic heterocycles. The number of pyridine rings is 1. The Bertz CT molecular complexity index is 944. The minimum Gasteiger partial charge on any atom is -0.463 e. The molecule has 4 nitrogen and oxygen atoms in total. The Hall–Kier alpha value is -2.72. The highest BCUT2D eigenvalue weighted by Gasteiger charge is 2.15. The standard InChI is InChI=1S/C18H14ClN3O/c19-14-6-3-5-13(11-14)12-20-18-17(15-7-4-10-23-15)21-16-8-1-2-9-22(16)18/h1-11,20H,12H2. The Morgan fingerprint density at radius 2 is 2.04 bits per heavy atom. The molecule has 0 atom stereocenters. The van der Waals surface area contributed by atoms with Gasteiger partial charge >= 0.3 is 0 Å². The second-order valence-electron chi connectivity index (χ2n) is 5.20. The van der Waals surface area contributed by atoms with Crippen LogP contribution in [0.1, 0.15) is 5.56 Å².